The van der Waals surface area contributed by atoms with Crippen LogP contribution < -0.4 is 9.05 Å². The maximum atomic E-state index is 11.7. The monoisotopic (exact) mass is 282 g/mol. The van der Waals surface area contributed by atoms with Crippen LogP contribution in [0, 0.1) is 0 Å². The first kappa shape index (κ1) is 14.5. The molecule has 0 spiro atoms. The van der Waals surface area contributed by atoms with Crippen molar-refractivity contribution in [3.05, 3.63) is 60.7 Å². The number of phosphoric acid groups is 1. The molecule has 2 rings (SSSR count). The topological polar surface area (TPSA) is 55.8 Å². The van der Waals surface area contributed by atoms with Crippen molar-refractivity contribution in [2.24, 2.45) is 0 Å². The van der Waals surface area contributed by atoms with Crippen LogP contribution in [-0.4, -0.2) is 15.9 Å². The second-order valence-corrected chi connectivity index (χ2v) is 4.58. The van der Waals surface area contributed by atoms with Crippen LogP contribution in [0.5, 0.6) is 11.5 Å². The molecule has 0 aliphatic rings. The van der Waals surface area contributed by atoms with Crippen molar-refractivity contribution in [3.8, 4) is 11.5 Å². The molecule has 0 radical (unpaired) electrons. The lowest BCUT2D eigenvalue weighted by Crippen LogP contribution is -1.99. The van der Waals surface area contributed by atoms with Crippen LogP contribution in [0.2, 0.25) is 0 Å². The molecule has 0 unspecified atom stereocenters. The first-order valence-electron chi connectivity index (χ1n) is 4.98. The molecular weight excluding hydrogens is 267 g/mol. The van der Waals surface area contributed by atoms with Gasteiger partial charge in [0.2, 0.25) is 0 Å². The van der Waals surface area contributed by atoms with Gasteiger partial charge in [0.1, 0.15) is 11.5 Å². The van der Waals surface area contributed by atoms with E-state index >= 15 is 0 Å². The maximum Gasteiger partial charge on any atom is 0.584 e. The van der Waals surface area contributed by atoms with Gasteiger partial charge >= 0.3 is 7.82 Å². The Morgan fingerprint density at radius 1 is 0.778 bits per heavy atom. The molecule has 2 aromatic carbocycles. The number of phosphoric ester groups is 1. The van der Waals surface area contributed by atoms with E-state index in [9.17, 15) is 9.46 Å². The third-order valence-corrected chi connectivity index (χ3v) is 2.81. The number of benzene rings is 2. The Labute approximate surface area is 110 Å². The number of hydrogen-bond acceptors (Lipinski definition) is 3. The first-order valence-corrected chi connectivity index (χ1v) is 6.47. The molecule has 2 aromatic rings. The predicted octanol–water partition coefficient (Wildman–Crippen LogP) is 1.79. The summed E-state index contributed by atoms with van der Waals surface area (Å²) in [6.07, 6.45) is 0. The van der Waals surface area contributed by atoms with E-state index in [0.717, 1.165) is 0 Å². The highest BCUT2D eigenvalue weighted by Gasteiger charge is 2.24. The molecule has 0 atom stereocenters. The van der Waals surface area contributed by atoms with Crippen LogP contribution in [-0.2, 0) is 4.57 Å². The zero-order valence-corrected chi connectivity index (χ0v) is 9.79. The molecule has 18 heavy (non-hydrogen) atoms. The quantitative estimate of drug-likeness (QED) is 0.686. The van der Waals surface area contributed by atoms with Crippen molar-refractivity contribution in [2.75, 3.05) is 0 Å². The third kappa shape index (κ3) is 4.37. The third-order valence-electron chi connectivity index (χ3n) is 1.93. The van der Waals surface area contributed by atoms with Crippen molar-refractivity contribution >= 4 is 18.8 Å². The van der Waals surface area contributed by atoms with Gasteiger partial charge in [0.15, 0.2) is 0 Å². The molecule has 0 heterocycles. The lowest BCUT2D eigenvalue weighted by molar-refractivity contribution is 0.291. The highest BCUT2D eigenvalue weighted by Crippen LogP contribution is 2.43. The van der Waals surface area contributed by atoms with Gasteiger partial charge in [0, 0.05) is 0 Å². The summed E-state index contributed by atoms with van der Waals surface area (Å²) in [6, 6.07) is 16.7. The van der Waals surface area contributed by atoms with Gasteiger partial charge in [-0.3, -0.25) is 4.89 Å². The van der Waals surface area contributed by atoms with Gasteiger partial charge in [0.25, 0.3) is 0 Å². The molecule has 0 amide bonds. The van der Waals surface area contributed by atoms with Crippen LogP contribution >= 0.6 is 7.82 Å². The Hall–Kier alpha value is -1.55. The normalized spacial score (nSPS) is 10.3. The summed E-state index contributed by atoms with van der Waals surface area (Å²) in [6.45, 7) is 0. The van der Waals surface area contributed by atoms with E-state index in [4.69, 9.17) is 9.05 Å². The van der Waals surface area contributed by atoms with Crippen molar-refractivity contribution < 1.29 is 18.5 Å². The highest BCUT2D eigenvalue weighted by molar-refractivity contribution is 7.48. The van der Waals surface area contributed by atoms with Crippen LogP contribution in [0.1, 0.15) is 0 Å². The first-order chi connectivity index (χ1) is 8.16. The largest absolute Gasteiger partial charge is 0.584 e. The molecule has 4 nitrogen and oxygen atoms in total. The summed E-state index contributed by atoms with van der Waals surface area (Å²) in [5.74, 6) is 0.573. The van der Waals surface area contributed by atoms with Gasteiger partial charge in [-0.15, -0.1) is 0 Å². The predicted molar refractivity (Wildman–Crippen MR) is 75.3 cm³/mol. The summed E-state index contributed by atoms with van der Waals surface area (Å²) in [4.78, 5) is 9.53. The van der Waals surface area contributed by atoms with Crippen molar-refractivity contribution in [1.82, 2.24) is 0 Å². The molecule has 96 valence electrons. The second-order valence-electron chi connectivity index (χ2n) is 3.28. The van der Waals surface area contributed by atoms with E-state index in [1.807, 2.05) is 0 Å². The van der Waals surface area contributed by atoms with Gasteiger partial charge in [0.05, 0.1) is 0 Å². The molecular formula is C12H15O4PSi. The Kier molecular flexibility index (Phi) is 5.16. The summed E-state index contributed by atoms with van der Waals surface area (Å²) in [7, 11) is -4.14. The number of hydrogen-bond donors (Lipinski definition) is 1. The lowest BCUT2D eigenvalue weighted by atomic mass is 10.3. The average Bonchev–Trinajstić information content (AvgIpc) is 2.30. The number of para-hydroxylation sites is 2. The minimum absolute atomic E-state index is 0. The Morgan fingerprint density at radius 3 is 1.44 bits per heavy atom. The second kappa shape index (κ2) is 6.40. The van der Waals surface area contributed by atoms with Crippen LogP contribution in [0.3, 0.4) is 0 Å². The van der Waals surface area contributed by atoms with Crippen LogP contribution in [0.4, 0.5) is 0 Å². The van der Waals surface area contributed by atoms with Crippen molar-refractivity contribution in [3.63, 3.8) is 0 Å². The molecule has 0 fully saturated rings. The molecule has 0 bridgehead atoms. The smallest absolute Gasteiger partial charge is 0.395 e. The lowest BCUT2D eigenvalue weighted by Gasteiger charge is -2.13. The fourth-order valence-corrected chi connectivity index (χ4v) is 2.06. The fourth-order valence-electron chi connectivity index (χ4n) is 1.25. The molecule has 1 N–H and O–H groups in total. The summed E-state index contributed by atoms with van der Waals surface area (Å²) >= 11 is 0. The Bertz CT molecular complexity index is 473. The highest BCUT2D eigenvalue weighted by atomic mass is 31.2. The maximum absolute atomic E-state index is 11.7. The zero-order chi connectivity index (χ0) is 12.1. The average molecular weight is 282 g/mol. The molecule has 0 aliphatic carbocycles. The standard InChI is InChI=1S/C12H11O4P.H4Si/c13-17(14,15-11-7-3-1-4-8-11)16-12-9-5-2-6-10-12;/h1-10H,(H,13,14);1H4. The van der Waals surface area contributed by atoms with Crippen molar-refractivity contribution in [2.45, 2.75) is 0 Å². The van der Waals surface area contributed by atoms with E-state index in [1.165, 1.54) is 0 Å². The van der Waals surface area contributed by atoms with E-state index in [-0.39, 0.29) is 22.5 Å². The van der Waals surface area contributed by atoms with Gasteiger partial charge in [-0.05, 0) is 35.2 Å². The van der Waals surface area contributed by atoms with Gasteiger partial charge in [-0.25, -0.2) is 4.57 Å². The van der Waals surface area contributed by atoms with E-state index < -0.39 is 7.82 Å². The van der Waals surface area contributed by atoms with Crippen molar-refractivity contribution in [1.29, 1.82) is 0 Å². The zero-order valence-electron chi connectivity index (χ0n) is 8.89. The summed E-state index contributed by atoms with van der Waals surface area (Å²) < 4.78 is 21.5. The van der Waals surface area contributed by atoms with Gasteiger partial charge in [-0.1, -0.05) is 36.4 Å². The van der Waals surface area contributed by atoms with Crippen LogP contribution in [0.15, 0.2) is 60.7 Å². The minimum Gasteiger partial charge on any atom is -0.395 e. The van der Waals surface area contributed by atoms with Crippen LogP contribution in [0.25, 0.3) is 0 Å². The SMILES string of the molecule is O=P(O)(Oc1ccccc1)Oc1ccccc1.[SiH4]. The molecule has 0 saturated heterocycles. The minimum atomic E-state index is -4.14. The van der Waals surface area contributed by atoms with E-state index in [1.54, 1.807) is 60.7 Å². The van der Waals surface area contributed by atoms with Gasteiger partial charge in [-0.2, -0.15) is 0 Å². The molecule has 0 aromatic heterocycles. The van der Waals surface area contributed by atoms with E-state index in [0.29, 0.717) is 0 Å². The molecule has 0 saturated carbocycles. The van der Waals surface area contributed by atoms with E-state index in [2.05, 4.69) is 0 Å². The summed E-state index contributed by atoms with van der Waals surface area (Å²) in [5, 5.41) is 0. The summed E-state index contributed by atoms with van der Waals surface area (Å²) in [5.41, 5.74) is 0. The fraction of sp³-hybridized carbons (Fsp3) is 0. The number of rotatable bonds is 4. The van der Waals surface area contributed by atoms with Gasteiger partial charge < -0.3 is 9.05 Å². The molecule has 6 heteroatoms. The molecule has 0 aliphatic heterocycles. The Balaban J connectivity index is 0.00000162. The Morgan fingerprint density at radius 2 is 1.11 bits per heavy atom.